The van der Waals surface area contributed by atoms with Gasteiger partial charge in [-0.2, -0.15) is 13.2 Å². The molecule has 0 spiro atoms. The van der Waals surface area contributed by atoms with Crippen LogP contribution in [0.25, 0.3) is 0 Å². The fraction of sp³-hybridized carbons (Fsp3) is 1.00. The first kappa shape index (κ1) is 10.7. The summed E-state index contributed by atoms with van der Waals surface area (Å²) in [7, 11) is 0. The molecule has 0 aromatic heterocycles. The van der Waals surface area contributed by atoms with Crippen molar-refractivity contribution in [1.29, 1.82) is 0 Å². The zero-order valence-corrected chi connectivity index (χ0v) is 6.49. The van der Waals surface area contributed by atoms with Gasteiger partial charge in [0.2, 0.25) is 0 Å². The van der Waals surface area contributed by atoms with E-state index < -0.39 is 12.7 Å². The summed E-state index contributed by atoms with van der Waals surface area (Å²) in [6, 6.07) is 0. The van der Waals surface area contributed by atoms with Crippen molar-refractivity contribution in [2.45, 2.75) is 13.1 Å². The summed E-state index contributed by atoms with van der Waals surface area (Å²) >= 11 is 0. The molecule has 0 unspecified atom stereocenters. The van der Waals surface area contributed by atoms with Crippen LogP contribution >= 0.6 is 0 Å². The third-order valence-electron chi connectivity index (χ3n) is 1.30. The molecule has 0 aliphatic carbocycles. The van der Waals surface area contributed by atoms with Crippen LogP contribution in [0.3, 0.4) is 0 Å². The molecule has 0 heterocycles. The minimum Gasteiger partial charge on any atom is -0.329 e. The average molecular weight is 170 g/mol. The normalized spacial score (nSPS) is 12.5. The van der Waals surface area contributed by atoms with Crippen molar-refractivity contribution < 1.29 is 13.2 Å². The van der Waals surface area contributed by atoms with Gasteiger partial charge in [-0.15, -0.1) is 0 Å². The largest absolute Gasteiger partial charge is 0.401 e. The summed E-state index contributed by atoms with van der Waals surface area (Å²) in [5, 5.41) is 0. The van der Waals surface area contributed by atoms with Crippen molar-refractivity contribution in [2.24, 2.45) is 5.73 Å². The van der Waals surface area contributed by atoms with Gasteiger partial charge in [0.15, 0.2) is 0 Å². The molecule has 0 aromatic rings. The molecular weight excluding hydrogens is 157 g/mol. The Morgan fingerprint density at radius 1 is 1.36 bits per heavy atom. The third kappa shape index (κ3) is 6.12. The van der Waals surface area contributed by atoms with Crippen molar-refractivity contribution >= 4 is 0 Å². The number of nitrogens with zero attached hydrogens (tertiary/aromatic N) is 1. The van der Waals surface area contributed by atoms with Crippen molar-refractivity contribution in [1.82, 2.24) is 4.90 Å². The Balaban J connectivity index is 3.68. The van der Waals surface area contributed by atoms with Crippen LogP contribution in [0.15, 0.2) is 0 Å². The maximum atomic E-state index is 11.7. The molecule has 0 aliphatic heterocycles. The van der Waals surface area contributed by atoms with E-state index in [4.69, 9.17) is 5.73 Å². The van der Waals surface area contributed by atoms with Crippen molar-refractivity contribution in [2.75, 3.05) is 26.2 Å². The van der Waals surface area contributed by atoms with Gasteiger partial charge in [-0.05, 0) is 6.54 Å². The number of nitrogens with two attached hydrogens (primary N) is 1. The molecule has 0 saturated carbocycles. The van der Waals surface area contributed by atoms with Gasteiger partial charge < -0.3 is 5.73 Å². The van der Waals surface area contributed by atoms with Crippen LogP contribution in [-0.2, 0) is 0 Å². The summed E-state index contributed by atoms with van der Waals surface area (Å²) < 4.78 is 35.2. The van der Waals surface area contributed by atoms with E-state index in [0.29, 0.717) is 13.1 Å². The molecule has 2 N–H and O–H groups in total. The Bertz CT molecular complexity index is 102. The minimum absolute atomic E-state index is 0.268. The molecular formula is C6H13F3N2. The lowest BCUT2D eigenvalue weighted by Gasteiger charge is -2.20. The zero-order valence-electron chi connectivity index (χ0n) is 6.49. The fourth-order valence-corrected chi connectivity index (χ4v) is 0.785. The van der Waals surface area contributed by atoms with E-state index in [1.807, 2.05) is 0 Å². The molecule has 0 saturated heterocycles. The van der Waals surface area contributed by atoms with Crippen LogP contribution in [0, 0.1) is 0 Å². The lowest BCUT2D eigenvalue weighted by Crippen LogP contribution is -2.37. The molecule has 0 aromatic carbocycles. The van der Waals surface area contributed by atoms with Gasteiger partial charge in [-0.3, -0.25) is 4.90 Å². The van der Waals surface area contributed by atoms with Crippen LogP contribution in [0.5, 0.6) is 0 Å². The maximum Gasteiger partial charge on any atom is 0.401 e. The SMILES string of the molecule is CCN(CCN)CC(F)(F)F. The van der Waals surface area contributed by atoms with Gasteiger partial charge in [0.25, 0.3) is 0 Å². The predicted molar refractivity (Wildman–Crippen MR) is 37.2 cm³/mol. The number of likely N-dealkylation sites (N-methyl/N-ethyl adjacent to an activating group) is 1. The highest BCUT2D eigenvalue weighted by molar-refractivity contribution is 4.61. The number of hydrogen-bond acceptors (Lipinski definition) is 2. The van der Waals surface area contributed by atoms with Crippen molar-refractivity contribution in [3.63, 3.8) is 0 Å². The standard InChI is InChI=1S/C6H13F3N2/c1-2-11(4-3-10)5-6(7,8)9/h2-5,10H2,1H3. The molecule has 0 fully saturated rings. The van der Waals surface area contributed by atoms with E-state index in [0.717, 1.165) is 0 Å². The molecule has 0 rings (SSSR count). The van der Waals surface area contributed by atoms with E-state index in [1.165, 1.54) is 4.90 Å². The first-order valence-corrected chi connectivity index (χ1v) is 3.48. The van der Waals surface area contributed by atoms with Crippen LogP contribution in [0.4, 0.5) is 13.2 Å². The van der Waals surface area contributed by atoms with Gasteiger partial charge in [0, 0.05) is 13.1 Å². The predicted octanol–water partition coefficient (Wildman–Crippen LogP) is 0.829. The van der Waals surface area contributed by atoms with Gasteiger partial charge in [0.05, 0.1) is 6.54 Å². The second kappa shape index (κ2) is 4.56. The van der Waals surface area contributed by atoms with Crippen LogP contribution in [0.2, 0.25) is 0 Å². The van der Waals surface area contributed by atoms with Gasteiger partial charge in [-0.25, -0.2) is 0 Å². The van der Waals surface area contributed by atoms with Crippen molar-refractivity contribution in [3.05, 3.63) is 0 Å². The molecule has 11 heavy (non-hydrogen) atoms. The summed E-state index contributed by atoms with van der Waals surface area (Å²) in [6.07, 6.45) is -4.11. The lowest BCUT2D eigenvalue weighted by molar-refractivity contribution is -0.145. The number of halogens is 3. The number of rotatable bonds is 4. The van der Waals surface area contributed by atoms with E-state index in [-0.39, 0.29) is 6.54 Å². The third-order valence-corrected chi connectivity index (χ3v) is 1.30. The number of alkyl halides is 3. The van der Waals surface area contributed by atoms with Crippen molar-refractivity contribution in [3.8, 4) is 0 Å². The zero-order chi connectivity index (χ0) is 8.91. The van der Waals surface area contributed by atoms with E-state index in [9.17, 15) is 13.2 Å². The van der Waals surface area contributed by atoms with E-state index >= 15 is 0 Å². The highest BCUT2D eigenvalue weighted by atomic mass is 19.4. The number of hydrogen-bond donors (Lipinski definition) is 1. The van der Waals surface area contributed by atoms with Crippen LogP contribution in [0.1, 0.15) is 6.92 Å². The highest BCUT2D eigenvalue weighted by Crippen LogP contribution is 2.15. The van der Waals surface area contributed by atoms with Crippen LogP contribution < -0.4 is 5.73 Å². The Labute approximate surface area is 64.2 Å². The Morgan fingerprint density at radius 2 is 1.91 bits per heavy atom. The smallest absolute Gasteiger partial charge is 0.329 e. The Kier molecular flexibility index (Phi) is 4.44. The quantitative estimate of drug-likeness (QED) is 0.677. The second-order valence-corrected chi connectivity index (χ2v) is 2.27. The summed E-state index contributed by atoms with van der Waals surface area (Å²) in [5.41, 5.74) is 5.11. The molecule has 0 aliphatic rings. The summed E-state index contributed by atoms with van der Waals surface area (Å²) in [6.45, 7) is 1.78. The minimum atomic E-state index is -4.11. The molecule has 68 valence electrons. The second-order valence-electron chi connectivity index (χ2n) is 2.27. The molecule has 5 heteroatoms. The van der Waals surface area contributed by atoms with Gasteiger partial charge >= 0.3 is 6.18 Å². The maximum absolute atomic E-state index is 11.7. The van der Waals surface area contributed by atoms with Crippen LogP contribution in [-0.4, -0.2) is 37.3 Å². The molecule has 0 atom stereocenters. The summed E-state index contributed by atoms with van der Waals surface area (Å²) in [5.74, 6) is 0. The first-order valence-electron chi connectivity index (χ1n) is 3.48. The first-order chi connectivity index (χ1) is 4.99. The van der Waals surface area contributed by atoms with E-state index in [1.54, 1.807) is 6.92 Å². The lowest BCUT2D eigenvalue weighted by atomic mass is 10.4. The molecule has 0 bridgehead atoms. The van der Waals surface area contributed by atoms with Gasteiger partial charge in [0.1, 0.15) is 0 Å². The topological polar surface area (TPSA) is 29.3 Å². The monoisotopic (exact) mass is 170 g/mol. The Morgan fingerprint density at radius 3 is 2.18 bits per heavy atom. The molecule has 0 amide bonds. The van der Waals surface area contributed by atoms with E-state index in [2.05, 4.69) is 0 Å². The molecule has 0 radical (unpaired) electrons. The van der Waals surface area contributed by atoms with Gasteiger partial charge in [-0.1, -0.05) is 6.92 Å². The molecule has 2 nitrogen and oxygen atoms in total. The summed E-state index contributed by atoms with van der Waals surface area (Å²) in [4.78, 5) is 1.26. The average Bonchev–Trinajstić information content (AvgIpc) is 1.84. The Hall–Kier alpha value is -0.290. The fourth-order valence-electron chi connectivity index (χ4n) is 0.785. The highest BCUT2D eigenvalue weighted by Gasteiger charge is 2.29.